The summed E-state index contributed by atoms with van der Waals surface area (Å²) in [7, 11) is 0. The number of nitrogens with one attached hydrogen (secondary N) is 1. The van der Waals surface area contributed by atoms with Crippen LogP contribution in [0.25, 0.3) is 0 Å². The molecule has 0 aliphatic carbocycles. The number of ether oxygens (including phenoxy) is 1. The lowest BCUT2D eigenvalue weighted by molar-refractivity contribution is 0.106. The summed E-state index contributed by atoms with van der Waals surface area (Å²) in [5, 5.41) is 3.35. The molecule has 0 atom stereocenters. The second-order valence-corrected chi connectivity index (χ2v) is 5.31. The smallest absolute Gasteiger partial charge is 0.118 e. The maximum Gasteiger partial charge on any atom is 0.118 e. The number of furan rings is 1. The third-order valence-corrected chi connectivity index (χ3v) is 3.13. The average Bonchev–Trinajstić information content (AvgIpc) is 2.78. The van der Waals surface area contributed by atoms with Gasteiger partial charge in [-0.25, -0.2) is 0 Å². The average molecular weight is 273 g/mol. The molecule has 2 rings (SSSR count). The van der Waals surface area contributed by atoms with Gasteiger partial charge in [-0.2, -0.15) is 0 Å². The Hall–Kier alpha value is -1.58. The van der Waals surface area contributed by atoms with Crippen molar-refractivity contribution in [2.75, 3.05) is 0 Å². The predicted molar refractivity (Wildman–Crippen MR) is 80.4 cm³/mol. The first-order chi connectivity index (χ1) is 9.65. The second-order valence-electron chi connectivity index (χ2n) is 5.31. The molecule has 0 radical (unpaired) electrons. The SMILES string of the molecule is Cc1oc(CNC(C)C)cc1COCc1ccccc1. The first-order valence-corrected chi connectivity index (χ1v) is 7.08. The van der Waals surface area contributed by atoms with Crippen LogP contribution in [0.3, 0.4) is 0 Å². The van der Waals surface area contributed by atoms with Crippen LogP contribution in [-0.2, 0) is 24.5 Å². The lowest BCUT2D eigenvalue weighted by Crippen LogP contribution is -2.21. The van der Waals surface area contributed by atoms with Crippen molar-refractivity contribution in [1.82, 2.24) is 5.32 Å². The summed E-state index contributed by atoms with van der Waals surface area (Å²) in [5.41, 5.74) is 2.32. The van der Waals surface area contributed by atoms with E-state index in [1.54, 1.807) is 0 Å². The van der Waals surface area contributed by atoms with E-state index in [9.17, 15) is 0 Å². The van der Waals surface area contributed by atoms with Gasteiger partial charge in [0.2, 0.25) is 0 Å². The van der Waals surface area contributed by atoms with Gasteiger partial charge in [0, 0.05) is 11.6 Å². The van der Waals surface area contributed by atoms with Crippen LogP contribution in [0.2, 0.25) is 0 Å². The first kappa shape index (κ1) is 14.8. The largest absolute Gasteiger partial charge is 0.465 e. The van der Waals surface area contributed by atoms with Crippen LogP contribution < -0.4 is 5.32 Å². The van der Waals surface area contributed by atoms with Crippen LogP contribution in [-0.4, -0.2) is 6.04 Å². The van der Waals surface area contributed by atoms with Crippen LogP contribution in [0.4, 0.5) is 0 Å². The van der Waals surface area contributed by atoms with Crippen LogP contribution in [0.15, 0.2) is 40.8 Å². The number of benzene rings is 1. The highest BCUT2D eigenvalue weighted by Gasteiger charge is 2.08. The van der Waals surface area contributed by atoms with E-state index in [1.165, 1.54) is 5.56 Å². The molecule has 1 N–H and O–H groups in total. The molecule has 3 nitrogen and oxygen atoms in total. The Kier molecular flexibility index (Phi) is 5.39. The predicted octanol–water partition coefficient (Wildman–Crippen LogP) is 3.80. The quantitative estimate of drug-likeness (QED) is 0.833. The molecule has 0 bridgehead atoms. The molecular formula is C17H23NO2. The van der Waals surface area contributed by atoms with Crippen molar-refractivity contribution in [3.8, 4) is 0 Å². The first-order valence-electron chi connectivity index (χ1n) is 7.08. The minimum absolute atomic E-state index is 0.457. The van der Waals surface area contributed by atoms with Crippen LogP contribution in [0.5, 0.6) is 0 Å². The molecule has 0 saturated heterocycles. The molecule has 2 aromatic rings. The van der Waals surface area contributed by atoms with Crippen LogP contribution >= 0.6 is 0 Å². The van der Waals surface area contributed by atoms with Gasteiger partial charge in [0.15, 0.2) is 0 Å². The van der Waals surface area contributed by atoms with E-state index in [-0.39, 0.29) is 0 Å². The van der Waals surface area contributed by atoms with Gasteiger partial charge in [-0.05, 0) is 18.6 Å². The third-order valence-electron chi connectivity index (χ3n) is 3.13. The van der Waals surface area contributed by atoms with Gasteiger partial charge < -0.3 is 14.5 Å². The molecule has 108 valence electrons. The fourth-order valence-electron chi connectivity index (χ4n) is 1.98. The summed E-state index contributed by atoms with van der Waals surface area (Å²) < 4.78 is 11.5. The Bertz CT molecular complexity index is 517. The Labute approximate surface area is 121 Å². The highest BCUT2D eigenvalue weighted by atomic mass is 16.5. The minimum atomic E-state index is 0.457. The molecule has 0 aliphatic rings. The molecule has 1 heterocycles. The fraction of sp³-hybridized carbons (Fsp3) is 0.412. The summed E-state index contributed by atoms with van der Waals surface area (Å²) in [4.78, 5) is 0. The van der Waals surface area contributed by atoms with E-state index in [4.69, 9.17) is 9.15 Å². The molecule has 1 aromatic carbocycles. The minimum Gasteiger partial charge on any atom is -0.465 e. The van der Waals surface area contributed by atoms with Crippen molar-refractivity contribution in [3.63, 3.8) is 0 Å². The lowest BCUT2D eigenvalue weighted by atomic mass is 10.2. The normalized spacial score (nSPS) is 11.2. The van der Waals surface area contributed by atoms with Gasteiger partial charge in [-0.15, -0.1) is 0 Å². The van der Waals surface area contributed by atoms with E-state index in [0.29, 0.717) is 19.3 Å². The highest BCUT2D eigenvalue weighted by molar-refractivity contribution is 5.20. The van der Waals surface area contributed by atoms with Gasteiger partial charge in [-0.3, -0.25) is 0 Å². The maximum atomic E-state index is 5.75. The molecule has 0 saturated carbocycles. The molecule has 0 spiro atoms. The van der Waals surface area contributed by atoms with E-state index in [2.05, 4.69) is 37.4 Å². The number of hydrogen-bond donors (Lipinski definition) is 1. The third kappa shape index (κ3) is 4.51. The van der Waals surface area contributed by atoms with E-state index >= 15 is 0 Å². The topological polar surface area (TPSA) is 34.4 Å². The summed E-state index contributed by atoms with van der Waals surface area (Å²) >= 11 is 0. The van der Waals surface area contributed by atoms with E-state index in [0.717, 1.165) is 23.6 Å². The van der Waals surface area contributed by atoms with Gasteiger partial charge in [-0.1, -0.05) is 44.2 Å². The Morgan fingerprint density at radius 2 is 1.90 bits per heavy atom. The van der Waals surface area contributed by atoms with Crippen molar-refractivity contribution in [2.45, 2.75) is 46.6 Å². The molecule has 0 unspecified atom stereocenters. The number of rotatable bonds is 7. The molecule has 1 aromatic heterocycles. The van der Waals surface area contributed by atoms with Crippen molar-refractivity contribution in [2.24, 2.45) is 0 Å². The molecule has 3 heteroatoms. The van der Waals surface area contributed by atoms with Gasteiger partial charge in [0.25, 0.3) is 0 Å². The molecule has 20 heavy (non-hydrogen) atoms. The summed E-state index contributed by atoms with van der Waals surface area (Å²) in [6.07, 6.45) is 0. The zero-order chi connectivity index (χ0) is 14.4. The van der Waals surface area contributed by atoms with Gasteiger partial charge in [0.1, 0.15) is 11.5 Å². The fourth-order valence-corrected chi connectivity index (χ4v) is 1.98. The summed E-state index contributed by atoms with van der Waals surface area (Å²) in [6.45, 7) is 8.22. The summed E-state index contributed by atoms with van der Waals surface area (Å²) in [5.74, 6) is 1.91. The van der Waals surface area contributed by atoms with Crippen molar-refractivity contribution in [3.05, 3.63) is 59.0 Å². The maximum absolute atomic E-state index is 5.75. The van der Waals surface area contributed by atoms with E-state index in [1.807, 2.05) is 25.1 Å². The Morgan fingerprint density at radius 3 is 2.60 bits per heavy atom. The van der Waals surface area contributed by atoms with Crippen molar-refractivity contribution < 1.29 is 9.15 Å². The molecule has 0 aliphatic heterocycles. The molecule has 0 fully saturated rings. The summed E-state index contributed by atoms with van der Waals surface area (Å²) in [6, 6.07) is 12.7. The lowest BCUT2D eigenvalue weighted by Gasteiger charge is -2.04. The highest BCUT2D eigenvalue weighted by Crippen LogP contribution is 2.16. The Morgan fingerprint density at radius 1 is 1.15 bits per heavy atom. The zero-order valence-corrected chi connectivity index (χ0v) is 12.5. The van der Waals surface area contributed by atoms with E-state index < -0.39 is 0 Å². The van der Waals surface area contributed by atoms with Crippen LogP contribution in [0.1, 0.15) is 36.5 Å². The van der Waals surface area contributed by atoms with Gasteiger partial charge >= 0.3 is 0 Å². The monoisotopic (exact) mass is 273 g/mol. The number of hydrogen-bond acceptors (Lipinski definition) is 3. The zero-order valence-electron chi connectivity index (χ0n) is 12.5. The molecule has 0 amide bonds. The second kappa shape index (κ2) is 7.27. The molecular weight excluding hydrogens is 250 g/mol. The standard InChI is InChI=1S/C17H23NO2/c1-13(2)18-10-17-9-16(14(3)20-17)12-19-11-15-7-5-4-6-8-15/h4-9,13,18H,10-12H2,1-3H3. The van der Waals surface area contributed by atoms with Crippen LogP contribution in [0, 0.1) is 6.92 Å². The van der Waals surface area contributed by atoms with Crippen molar-refractivity contribution in [1.29, 1.82) is 0 Å². The van der Waals surface area contributed by atoms with Crippen molar-refractivity contribution >= 4 is 0 Å². The van der Waals surface area contributed by atoms with Gasteiger partial charge in [0.05, 0.1) is 19.8 Å². The Balaban J connectivity index is 1.83. The number of aryl methyl sites for hydroxylation is 1.